The summed E-state index contributed by atoms with van der Waals surface area (Å²) in [5, 5.41) is 13.4. The van der Waals surface area contributed by atoms with Crippen LogP contribution in [0, 0.1) is 0 Å². The van der Waals surface area contributed by atoms with E-state index in [1.165, 1.54) is 0 Å². The topological polar surface area (TPSA) is 44.7 Å². The fourth-order valence-corrected chi connectivity index (χ4v) is 2.36. The van der Waals surface area contributed by atoms with Crippen LogP contribution in [-0.4, -0.2) is 54.9 Å². The second-order valence-electron chi connectivity index (χ2n) is 5.20. The van der Waals surface area contributed by atoms with E-state index in [1.54, 1.807) is 0 Å². The lowest BCUT2D eigenvalue weighted by molar-refractivity contribution is 0.000522. The van der Waals surface area contributed by atoms with Crippen LogP contribution in [0.15, 0.2) is 30.3 Å². The van der Waals surface area contributed by atoms with E-state index in [2.05, 4.69) is 17.1 Å². The molecule has 1 aliphatic heterocycles. The van der Waals surface area contributed by atoms with E-state index >= 15 is 0 Å². The van der Waals surface area contributed by atoms with Crippen LogP contribution in [-0.2, 0) is 11.3 Å². The molecular weight excluding hydrogens is 240 g/mol. The zero-order valence-electron chi connectivity index (χ0n) is 11.6. The molecule has 4 nitrogen and oxygen atoms in total. The Morgan fingerprint density at radius 3 is 2.95 bits per heavy atom. The molecule has 0 aromatic heterocycles. The number of hydrogen-bond donors (Lipinski definition) is 2. The summed E-state index contributed by atoms with van der Waals surface area (Å²) in [6, 6.07) is 10.5. The van der Waals surface area contributed by atoms with E-state index in [1.807, 2.05) is 30.3 Å². The van der Waals surface area contributed by atoms with Crippen LogP contribution in [0.3, 0.4) is 0 Å². The highest BCUT2D eigenvalue weighted by atomic mass is 16.5. The van der Waals surface area contributed by atoms with Crippen LogP contribution in [0.25, 0.3) is 0 Å². The number of nitrogens with zero attached hydrogens (tertiary/aromatic N) is 1. The lowest BCUT2D eigenvalue weighted by Crippen LogP contribution is -2.52. The maximum atomic E-state index is 10.0. The fourth-order valence-electron chi connectivity index (χ4n) is 2.36. The standard InChI is InChI=1S/C15H24N2O2/c1-13-9-16-7-8-17(13)10-15(18)12-19-11-14-5-3-2-4-6-14/h2-6,13,15-16,18H,7-12H2,1H3/t13-,15?/m1/s1. The first kappa shape index (κ1) is 14.5. The summed E-state index contributed by atoms with van der Waals surface area (Å²) in [5.41, 5.74) is 1.14. The number of ether oxygens (including phenoxy) is 1. The molecule has 0 amide bonds. The minimum Gasteiger partial charge on any atom is -0.389 e. The third-order valence-corrected chi connectivity index (χ3v) is 3.51. The Kier molecular flexibility index (Phi) is 5.79. The first-order valence-corrected chi connectivity index (χ1v) is 7.00. The highest BCUT2D eigenvalue weighted by Gasteiger charge is 2.20. The molecule has 2 N–H and O–H groups in total. The van der Waals surface area contributed by atoms with Crippen molar-refractivity contribution in [1.82, 2.24) is 10.2 Å². The quantitative estimate of drug-likeness (QED) is 0.800. The molecule has 1 aromatic carbocycles. The van der Waals surface area contributed by atoms with Gasteiger partial charge in [0.25, 0.3) is 0 Å². The van der Waals surface area contributed by atoms with Crippen LogP contribution in [0.5, 0.6) is 0 Å². The van der Waals surface area contributed by atoms with Gasteiger partial charge in [-0.2, -0.15) is 0 Å². The number of piperazine rings is 1. The zero-order valence-corrected chi connectivity index (χ0v) is 11.6. The largest absolute Gasteiger partial charge is 0.389 e. The molecule has 2 rings (SSSR count). The number of aliphatic hydroxyl groups excluding tert-OH is 1. The van der Waals surface area contributed by atoms with E-state index < -0.39 is 6.10 Å². The summed E-state index contributed by atoms with van der Waals surface area (Å²) in [5.74, 6) is 0. The number of hydrogen-bond acceptors (Lipinski definition) is 4. The maximum absolute atomic E-state index is 10.0. The van der Waals surface area contributed by atoms with Crippen LogP contribution in [0.2, 0.25) is 0 Å². The Balaban J connectivity index is 1.65. The number of β-amino-alcohol motifs (C(OH)–C–C–N with tert-alkyl or cyclic N) is 1. The van der Waals surface area contributed by atoms with E-state index in [9.17, 15) is 5.11 Å². The molecule has 1 heterocycles. The molecule has 1 saturated heterocycles. The first-order valence-electron chi connectivity index (χ1n) is 7.00. The van der Waals surface area contributed by atoms with Gasteiger partial charge >= 0.3 is 0 Å². The smallest absolute Gasteiger partial charge is 0.0900 e. The predicted octanol–water partition coefficient (Wildman–Crippen LogP) is 0.858. The summed E-state index contributed by atoms with van der Waals surface area (Å²) in [4.78, 5) is 2.31. The van der Waals surface area contributed by atoms with Crippen molar-refractivity contribution in [3.63, 3.8) is 0 Å². The minimum atomic E-state index is -0.413. The van der Waals surface area contributed by atoms with E-state index in [-0.39, 0.29) is 0 Å². The molecule has 0 radical (unpaired) electrons. The summed E-state index contributed by atoms with van der Waals surface area (Å²) < 4.78 is 5.57. The molecule has 2 atom stereocenters. The van der Waals surface area contributed by atoms with Gasteiger partial charge < -0.3 is 15.2 Å². The average molecular weight is 264 g/mol. The number of rotatable bonds is 6. The SMILES string of the molecule is C[C@@H]1CNCCN1CC(O)COCc1ccccc1. The van der Waals surface area contributed by atoms with Crippen molar-refractivity contribution >= 4 is 0 Å². The lowest BCUT2D eigenvalue weighted by atomic mass is 10.2. The summed E-state index contributed by atoms with van der Waals surface area (Å²) in [7, 11) is 0. The Morgan fingerprint density at radius 2 is 2.21 bits per heavy atom. The number of nitrogens with one attached hydrogen (secondary N) is 1. The highest BCUT2D eigenvalue weighted by Crippen LogP contribution is 2.05. The minimum absolute atomic E-state index is 0.394. The van der Waals surface area contributed by atoms with Crippen molar-refractivity contribution < 1.29 is 9.84 Å². The highest BCUT2D eigenvalue weighted by molar-refractivity contribution is 5.13. The molecule has 4 heteroatoms. The van der Waals surface area contributed by atoms with Crippen LogP contribution in [0.4, 0.5) is 0 Å². The Hall–Kier alpha value is -0.940. The second kappa shape index (κ2) is 7.60. The summed E-state index contributed by atoms with van der Waals surface area (Å²) in [6.07, 6.45) is -0.413. The molecule has 1 fully saturated rings. The first-order chi connectivity index (χ1) is 9.25. The average Bonchev–Trinajstić information content (AvgIpc) is 2.43. The van der Waals surface area contributed by atoms with Crippen LogP contribution < -0.4 is 5.32 Å². The van der Waals surface area contributed by atoms with E-state index in [4.69, 9.17) is 4.74 Å². The van der Waals surface area contributed by atoms with Gasteiger partial charge in [0.15, 0.2) is 0 Å². The molecule has 1 aliphatic rings. The van der Waals surface area contributed by atoms with Crippen molar-refractivity contribution in [2.45, 2.75) is 25.7 Å². The van der Waals surface area contributed by atoms with Gasteiger partial charge in [0, 0.05) is 32.2 Å². The van der Waals surface area contributed by atoms with Crippen molar-refractivity contribution in [2.24, 2.45) is 0 Å². The molecule has 0 bridgehead atoms. The van der Waals surface area contributed by atoms with Gasteiger partial charge in [-0.1, -0.05) is 30.3 Å². The lowest BCUT2D eigenvalue weighted by Gasteiger charge is -2.35. The van der Waals surface area contributed by atoms with E-state index in [0.29, 0.717) is 25.8 Å². The monoisotopic (exact) mass is 264 g/mol. The van der Waals surface area contributed by atoms with Crippen molar-refractivity contribution in [1.29, 1.82) is 0 Å². The van der Waals surface area contributed by atoms with Gasteiger partial charge in [0.2, 0.25) is 0 Å². The molecule has 1 unspecified atom stereocenters. The molecule has 106 valence electrons. The van der Waals surface area contributed by atoms with Crippen molar-refractivity contribution in [2.75, 3.05) is 32.8 Å². The summed E-state index contributed by atoms with van der Waals surface area (Å²) in [6.45, 7) is 6.83. The molecule has 0 spiro atoms. The second-order valence-corrected chi connectivity index (χ2v) is 5.20. The molecule has 19 heavy (non-hydrogen) atoms. The van der Waals surface area contributed by atoms with Gasteiger partial charge in [0.05, 0.1) is 19.3 Å². The zero-order chi connectivity index (χ0) is 13.5. The normalized spacial score (nSPS) is 22.3. The van der Waals surface area contributed by atoms with Gasteiger partial charge in [-0.15, -0.1) is 0 Å². The Bertz CT molecular complexity index is 358. The number of benzene rings is 1. The van der Waals surface area contributed by atoms with Crippen LogP contribution >= 0.6 is 0 Å². The Morgan fingerprint density at radius 1 is 1.42 bits per heavy atom. The van der Waals surface area contributed by atoms with Gasteiger partial charge in [-0.3, -0.25) is 4.90 Å². The Labute approximate surface area is 115 Å². The fraction of sp³-hybridized carbons (Fsp3) is 0.600. The molecule has 0 aliphatic carbocycles. The van der Waals surface area contributed by atoms with Crippen molar-refractivity contribution in [3.05, 3.63) is 35.9 Å². The molecule has 0 saturated carbocycles. The van der Waals surface area contributed by atoms with Crippen molar-refractivity contribution in [3.8, 4) is 0 Å². The maximum Gasteiger partial charge on any atom is 0.0900 e. The van der Waals surface area contributed by atoms with Gasteiger partial charge in [-0.05, 0) is 12.5 Å². The third-order valence-electron chi connectivity index (χ3n) is 3.51. The van der Waals surface area contributed by atoms with Gasteiger partial charge in [-0.25, -0.2) is 0 Å². The predicted molar refractivity (Wildman–Crippen MR) is 76.0 cm³/mol. The third kappa shape index (κ3) is 4.91. The molecule has 1 aromatic rings. The van der Waals surface area contributed by atoms with E-state index in [0.717, 1.165) is 25.2 Å². The summed E-state index contributed by atoms with van der Waals surface area (Å²) >= 11 is 0. The van der Waals surface area contributed by atoms with Gasteiger partial charge in [0.1, 0.15) is 0 Å². The number of aliphatic hydroxyl groups is 1. The molecular formula is C15H24N2O2. The van der Waals surface area contributed by atoms with Crippen LogP contribution in [0.1, 0.15) is 12.5 Å².